The highest BCUT2D eigenvalue weighted by atomic mass is 32.1. The van der Waals surface area contributed by atoms with Crippen LogP contribution >= 0.6 is 12.2 Å². The van der Waals surface area contributed by atoms with Gasteiger partial charge in [0.1, 0.15) is 6.54 Å². The Morgan fingerprint density at radius 1 is 0.852 bits per heavy atom. The Labute approximate surface area is 165 Å². The first kappa shape index (κ1) is 18.1. The smallest absolute Gasteiger partial charge is 0.231 e. The molecule has 1 saturated heterocycles. The number of nitrogens with one attached hydrogen (secondary N) is 3. The Morgan fingerprint density at radius 2 is 1.48 bits per heavy atom. The molecule has 1 fully saturated rings. The molecule has 142 valence electrons. The first-order chi connectivity index (χ1) is 13.3. The van der Waals surface area contributed by atoms with Gasteiger partial charge in [-0.15, -0.1) is 0 Å². The highest BCUT2D eigenvalue weighted by Gasteiger charge is 2.15. The zero-order valence-corrected chi connectivity index (χ0v) is 16.2. The maximum atomic E-state index is 5.40. The lowest BCUT2D eigenvalue weighted by atomic mass is 10.1. The van der Waals surface area contributed by atoms with Gasteiger partial charge in [-0.25, -0.2) is 0 Å². The summed E-state index contributed by atoms with van der Waals surface area (Å²) in [5.41, 5.74) is 3.76. The fourth-order valence-corrected chi connectivity index (χ4v) is 3.74. The molecule has 2 heterocycles. The number of quaternary nitrogens is 1. The molecule has 0 aliphatic carbocycles. The van der Waals surface area contributed by atoms with E-state index in [-0.39, 0.29) is 0 Å². The minimum absolute atomic E-state index is 0.296. The van der Waals surface area contributed by atoms with Crippen molar-refractivity contribution in [2.75, 3.05) is 19.9 Å². The van der Waals surface area contributed by atoms with Gasteiger partial charge in [0, 0.05) is 31.5 Å². The largest absolute Gasteiger partial charge is 0.454 e. The van der Waals surface area contributed by atoms with Crippen molar-refractivity contribution in [3.63, 3.8) is 0 Å². The second-order valence-corrected chi connectivity index (χ2v) is 7.58. The van der Waals surface area contributed by atoms with Crippen molar-refractivity contribution in [2.24, 2.45) is 0 Å². The Bertz CT molecular complexity index is 789. The Kier molecular flexibility index (Phi) is 5.75. The third kappa shape index (κ3) is 4.90. The summed E-state index contributed by atoms with van der Waals surface area (Å²) in [4.78, 5) is 1.70. The van der Waals surface area contributed by atoms with Crippen molar-refractivity contribution in [3.8, 4) is 11.5 Å². The number of rotatable bonds is 6. The second-order valence-electron chi connectivity index (χ2n) is 7.17. The molecule has 0 radical (unpaired) electrons. The molecule has 0 saturated carbocycles. The van der Waals surface area contributed by atoms with Gasteiger partial charge in [0.25, 0.3) is 0 Å². The average Bonchev–Trinajstić information content (AvgIpc) is 3.37. The molecule has 0 bridgehead atoms. The number of fused-ring (bicyclic) bond motifs is 1. The summed E-state index contributed by atoms with van der Waals surface area (Å²) in [6.07, 6.45) is 2.74. The average molecular weight is 385 g/mol. The van der Waals surface area contributed by atoms with E-state index in [1.807, 2.05) is 18.2 Å². The van der Waals surface area contributed by atoms with Crippen LogP contribution in [0, 0.1) is 0 Å². The molecular formula is C21H26N3O2S+. The van der Waals surface area contributed by atoms with Gasteiger partial charge in [0.05, 0.1) is 13.1 Å². The van der Waals surface area contributed by atoms with Crippen LogP contribution in [-0.2, 0) is 19.6 Å². The number of hydrogen-bond acceptors (Lipinski definition) is 3. The fourth-order valence-electron chi connectivity index (χ4n) is 3.59. The van der Waals surface area contributed by atoms with Crippen molar-refractivity contribution in [2.45, 2.75) is 32.5 Å². The van der Waals surface area contributed by atoms with Gasteiger partial charge in [-0.3, -0.25) is 0 Å². The molecule has 27 heavy (non-hydrogen) atoms. The Hall–Kier alpha value is -2.31. The van der Waals surface area contributed by atoms with E-state index in [4.69, 9.17) is 21.7 Å². The number of thiocarbonyl (C=S) groups is 1. The molecule has 5 nitrogen and oxygen atoms in total. The fraction of sp³-hybridized carbons (Fsp3) is 0.381. The van der Waals surface area contributed by atoms with Crippen LogP contribution in [-0.4, -0.2) is 25.0 Å². The number of likely N-dealkylation sites (tertiary alicyclic amines) is 1. The van der Waals surface area contributed by atoms with Gasteiger partial charge in [-0.05, 0) is 35.5 Å². The molecule has 2 aromatic carbocycles. The summed E-state index contributed by atoms with van der Waals surface area (Å²) in [6, 6.07) is 14.8. The van der Waals surface area contributed by atoms with Gasteiger partial charge in [-0.2, -0.15) is 0 Å². The summed E-state index contributed by atoms with van der Waals surface area (Å²) in [7, 11) is 0. The molecular weight excluding hydrogens is 358 g/mol. The van der Waals surface area contributed by atoms with Gasteiger partial charge in [0.15, 0.2) is 16.6 Å². The lowest BCUT2D eigenvalue weighted by molar-refractivity contribution is -0.901. The summed E-state index contributed by atoms with van der Waals surface area (Å²) in [5.74, 6) is 1.60. The molecule has 3 N–H and O–H groups in total. The van der Waals surface area contributed by atoms with E-state index in [0.717, 1.165) is 30.2 Å². The maximum absolute atomic E-state index is 5.40. The van der Waals surface area contributed by atoms with E-state index in [1.165, 1.54) is 37.1 Å². The molecule has 0 amide bonds. The van der Waals surface area contributed by atoms with Gasteiger partial charge in [0.2, 0.25) is 6.79 Å². The van der Waals surface area contributed by atoms with Crippen molar-refractivity contribution < 1.29 is 14.4 Å². The van der Waals surface area contributed by atoms with Gasteiger partial charge < -0.3 is 25.0 Å². The molecule has 2 aromatic rings. The Balaban J connectivity index is 1.20. The zero-order chi connectivity index (χ0) is 18.5. The number of ether oxygens (including phenoxy) is 2. The summed E-state index contributed by atoms with van der Waals surface area (Å²) in [5, 5.41) is 7.17. The SMILES string of the molecule is S=C(NCc1ccc(C[NH+]2CCCC2)cc1)NCc1ccc2c(c1)OCO2. The summed E-state index contributed by atoms with van der Waals surface area (Å²) < 4.78 is 10.7. The quantitative estimate of drug-likeness (QED) is 0.663. The van der Waals surface area contributed by atoms with Gasteiger partial charge in [-0.1, -0.05) is 30.3 Å². The molecule has 2 aliphatic heterocycles. The van der Waals surface area contributed by atoms with E-state index >= 15 is 0 Å². The lowest BCUT2D eigenvalue weighted by Crippen LogP contribution is -3.08. The first-order valence-corrected chi connectivity index (χ1v) is 9.99. The van der Waals surface area contributed by atoms with Crippen molar-refractivity contribution >= 4 is 17.3 Å². The van der Waals surface area contributed by atoms with E-state index in [1.54, 1.807) is 4.90 Å². The predicted octanol–water partition coefficient (Wildman–Crippen LogP) is 1.76. The molecule has 0 atom stereocenters. The van der Waals surface area contributed by atoms with Crippen LogP contribution in [0.5, 0.6) is 11.5 Å². The third-order valence-corrected chi connectivity index (χ3v) is 5.42. The highest BCUT2D eigenvalue weighted by Crippen LogP contribution is 2.32. The van der Waals surface area contributed by atoms with Gasteiger partial charge >= 0.3 is 0 Å². The van der Waals surface area contributed by atoms with Crippen LogP contribution in [0.25, 0.3) is 0 Å². The van der Waals surface area contributed by atoms with Crippen molar-refractivity contribution in [1.29, 1.82) is 0 Å². The van der Waals surface area contributed by atoms with Crippen LogP contribution in [0.4, 0.5) is 0 Å². The minimum atomic E-state index is 0.296. The monoisotopic (exact) mass is 384 g/mol. The maximum Gasteiger partial charge on any atom is 0.231 e. The molecule has 0 unspecified atom stereocenters. The molecule has 4 rings (SSSR count). The lowest BCUT2D eigenvalue weighted by Gasteiger charge is -2.13. The van der Waals surface area contributed by atoms with E-state index in [9.17, 15) is 0 Å². The molecule has 2 aliphatic rings. The van der Waals surface area contributed by atoms with Crippen LogP contribution in [0.1, 0.15) is 29.5 Å². The van der Waals surface area contributed by atoms with Crippen molar-refractivity contribution in [3.05, 3.63) is 59.2 Å². The predicted molar refractivity (Wildman–Crippen MR) is 109 cm³/mol. The van der Waals surface area contributed by atoms with Crippen LogP contribution < -0.4 is 25.0 Å². The highest BCUT2D eigenvalue weighted by molar-refractivity contribution is 7.80. The standard InChI is InChI=1S/C21H25N3O2S/c27-21(23-13-18-7-8-19-20(11-18)26-15-25-19)22-12-16-3-5-17(6-4-16)14-24-9-1-2-10-24/h3-8,11H,1-2,9-10,12-15H2,(H2,22,23,27)/p+1. The topological polar surface area (TPSA) is 47.0 Å². The molecule has 0 spiro atoms. The zero-order valence-electron chi connectivity index (χ0n) is 15.4. The van der Waals surface area contributed by atoms with E-state index < -0.39 is 0 Å². The first-order valence-electron chi connectivity index (χ1n) is 9.58. The Morgan fingerprint density at radius 3 is 2.26 bits per heavy atom. The molecule has 6 heteroatoms. The number of hydrogen-bond donors (Lipinski definition) is 3. The van der Waals surface area contributed by atoms with Crippen LogP contribution in [0.2, 0.25) is 0 Å². The molecule has 0 aromatic heterocycles. The van der Waals surface area contributed by atoms with E-state index in [0.29, 0.717) is 18.5 Å². The van der Waals surface area contributed by atoms with Crippen LogP contribution in [0.3, 0.4) is 0 Å². The van der Waals surface area contributed by atoms with E-state index in [2.05, 4.69) is 34.9 Å². The third-order valence-electron chi connectivity index (χ3n) is 5.13. The van der Waals surface area contributed by atoms with Crippen molar-refractivity contribution in [1.82, 2.24) is 10.6 Å². The minimum Gasteiger partial charge on any atom is -0.454 e. The summed E-state index contributed by atoms with van der Waals surface area (Å²) >= 11 is 5.39. The second kappa shape index (κ2) is 8.59. The summed E-state index contributed by atoms with van der Waals surface area (Å²) in [6.45, 7) is 5.44. The normalized spacial score (nSPS) is 15.7. The number of benzene rings is 2. The van der Waals surface area contributed by atoms with Crippen LogP contribution in [0.15, 0.2) is 42.5 Å².